The van der Waals surface area contributed by atoms with Gasteiger partial charge in [0.1, 0.15) is 22.8 Å². The van der Waals surface area contributed by atoms with Crippen molar-refractivity contribution < 1.29 is 31.8 Å². The maximum atomic E-state index is 13.0. The van der Waals surface area contributed by atoms with E-state index in [2.05, 4.69) is 10.0 Å². The Labute approximate surface area is 202 Å². The lowest BCUT2D eigenvalue weighted by atomic mass is 10.1. The van der Waals surface area contributed by atoms with Gasteiger partial charge in [0.05, 0.1) is 50.3 Å². The van der Waals surface area contributed by atoms with E-state index in [-0.39, 0.29) is 22.9 Å². The number of methoxy groups -OCH3 is 3. The van der Waals surface area contributed by atoms with E-state index in [1.54, 1.807) is 43.5 Å². The highest BCUT2D eigenvalue weighted by molar-refractivity contribution is 7.92. The normalized spacial score (nSPS) is 11.2. The molecule has 2 N–H and O–H groups in total. The summed E-state index contributed by atoms with van der Waals surface area (Å²) in [7, 11) is 0.469. The van der Waals surface area contributed by atoms with Crippen molar-refractivity contribution in [2.75, 3.05) is 31.4 Å². The van der Waals surface area contributed by atoms with Crippen LogP contribution in [0.3, 0.4) is 0 Å². The van der Waals surface area contributed by atoms with E-state index >= 15 is 0 Å². The van der Waals surface area contributed by atoms with Crippen LogP contribution < -0.4 is 24.2 Å². The molecule has 0 bridgehead atoms. The summed E-state index contributed by atoms with van der Waals surface area (Å²) in [6.07, 6.45) is 1.53. The molecular weight excluding hydrogens is 472 g/mol. The number of sulfonamides is 1. The highest BCUT2D eigenvalue weighted by Gasteiger charge is 2.20. The summed E-state index contributed by atoms with van der Waals surface area (Å²) in [5.74, 6) is 0.973. The molecule has 0 spiro atoms. The van der Waals surface area contributed by atoms with Crippen LogP contribution in [0.4, 0.5) is 11.4 Å². The minimum Gasteiger partial charge on any atom is -0.497 e. The van der Waals surface area contributed by atoms with Crippen molar-refractivity contribution in [3.8, 4) is 17.2 Å². The number of furan rings is 1. The minimum absolute atomic E-state index is 0.0128. The molecule has 0 aliphatic carbocycles. The molecule has 35 heavy (non-hydrogen) atoms. The molecule has 182 valence electrons. The van der Waals surface area contributed by atoms with Gasteiger partial charge in [-0.25, -0.2) is 8.42 Å². The number of para-hydroxylation sites is 2. The Bertz CT molecular complexity index is 1480. The third kappa shape index (κ3) is 5.17. The Morgan fingerprint density at radius 3 is 2.37 bits per heavy atom. The summed E-state index contributed by atoms with van der Waals surface area (Å²) in [4.78, 5) is 12.8. The third-order valence-electron chi connectivity index (χ3n) is 5.32. The standard InChI is InChI=1S/C25H24N2O7S/c1-31-17-8-10-19-16(15-34-24(19)13-17)12-25(28)26-21-14-18(9-11-23(21)33-3)35(29,30)27-20-6-4-5-7-22(20)32-2/h4-11,13-15,27H,12H2,1-3H3,(H,26,28). The number of hydrogen-bond donors (Lipinski definition) is 2. The van der Waals surface area contributed by atoms with Crippen molar-refractivity contribution in [3.63, 3.8) is 0 Å². The van der Waals surface area contributed by atoms with Crippen LogP contribution in [0.1, 0.15) is 5.56 Å². The molecule has 0 atom stereocenters. The highest BCUT2D eigenvalue weighted by atomic mass is 32.2. The Balaban J connectivity index is 1.56. The third-order valence-corrected chi connectivity index (χ3v) is 6.68. The fourth-order valence-corrected chi connectivity index (χ4v) is 4.68. The second-order valence-electron chi connectivity index (χ2n) is 7.52. The van der Waals surface area contributed by atoms with Crippen LogP contribution in [-0.4, -0.2) is 35.7 Å². The molecule has 0 radical (unpaired) electrons. The van der Waals surface area contributed by atoms with Gasteiger partial charge < -0.3 is 23.9 Å². The van der Waals surface area contributed by atoms with Crippen LogP contribution in [0.2, 0.25) is 0 Å². The molecule has 3 aromatic carbocycles. The zero-order valence-electron chi connectivity index (χ0n) is 19.3. The summed E-state index contributed by atoms with van der Waals surface area (Å²) in [6.45, 7) is 0. The molecule has 0 saturated carbocycles. The van der Waals surface area contributed by atoms with Crippen molar-refractivity contribution in [3.05, 3.63) is 72.5 Å². The van der Waals surface area contributed by atoms with Crippen LogP contribution >= 0.6 is 0 Å². The first kappa shape index (κ1) is 24.0. The highest BCUT2D eigenvalue weighted by Crippen LogP contribution is 2.31. The van der Waals surface area contributed by atoms with Gasteiger partial charge in [0.25, 0.3) is 10.0 Å². The quantitative estimate of drug-likeness (QED) is 0.352. The second kappa shape index (κ2) is 9.98. The lowest BCUT2D eigenvalue weighted by molar-refractivity contribution is -0.115. The monoisotopic (exact) mass is 496 g/mol. The predicted octanol–water partition coefficient (Wildman–Crippen LogP) is 4.44. The lowest BCUT2D eigenvalue weighted by Gasteiger charge is -2.14. The number of carbonyl (C=O) groups excluding carboxylic acids is 1. The van der Waals surface area contributed by atoms with Crippen molar-refractivity contribution in [1.29, 1.82) is 0 Å². The molecule has 0 unspecified atom stereocenters. The molecule has 9 nitrogen and oxygen atoms in total. The topological polar surface area (TPSA) is 116 Å². The van der Waals surface area contributed by atoms with E-state index < -0.39 is 10.0 Å². The summed E-state index contributed by atoms with van der Waals surface area (Å²) < 4.78 is 49.8. The van der Waals surface area contributed by atoms with Crippen LogP contribution in [0.15, 0.2) is 76.2 Å². The lowest BCUT2D eigenvalue weighted by Crippen LogP contribution is -2.17. The molecule has 1 amide bonds. The zero-order chi connectivity index (χ0) is 25.0. The van der Waals surface area contributed by atoms with E-state index in [4.69, 9.17) is 18.6 Å². The molecule has 10 heteroatoms. The summed E-state index contributed by atoms with van der Waals surface area (Å²) in [5.41, 5.74) is 1.79. The molecule has 1 aromatic heterocycles. The number of nitrogens with one attached hydrogen (secondary N) is 2. The molecule has 1 heterocycles. The van der Waals surface area contributed by atoms with Gasteiger partial charge >= 0.3 is 0 Å². The second-order valence-corrected chi connectivity index (χ2v) is 9.20. The molecule has 4 rings (SSSR count). The zero-order valence-corrected chi connectivity index (χ0v) is 20.1. The number of ether oxygens (including phenoxy) is 3. The van der Waals surface area contributed by atoms with Crippen LogP contribution in [0.25, 0.3) is 11.0 Å². The van der Waals surface area contributed by atoms with E-state index in [1.165, 1.54) is 38.7 Å². The van der Waals surface area contributed by atoms with E-state index in [9.17, 15) is 13.2 Å². The minimum atomic E-state index is -3.98. The fraction of sp³-hybridized carbons (Fsp3) is 0.160. The van der Waals surface area contributed by atoms with Gasteiger partial charge in [-0.15, -0.1) is 0 Å². The number of rotatable bonds is 9. The van der Waals surface area contributed by atoms with Gasteiger partial charge in [-0.2, -0.15) is 0 Å². The average Bonchev–Trinajstić information content (AvgIpc) is 3.25. The average molecular weight is 497 g/mol. The maximum Gasteiger partial charge on any atom is 0.262 e. The molecular formula is C25H24N2O7S. The number of carbonyl (C=O) groups is 1. The van der Waals surface area contributed by atoms with E-state index in [1.807, 2.05) is 6.07 Å². The van der Waals surface area contributed by atoms with E-state index in [0.717, 1.165) is 5.39 Å². The Morgan fingerprint density at radius 1 is 0.886 bits per heavy atom. The Kier molecular flexibility index (Phi) is 6.83. The number of amides is 1. The van der Waals surface area contributed by atoms with Crippen molar-refractivity contribution in [2.24, 2.45) is 0 Å². The number of fused-ring (bicyclic) bond motifs is 1. The number of benzene rings is 3. The Hall–Kier alpha value is -4.18. The maximum absolute atomic E-state index is 13.0. The molecule has 0 saturated heterocycles. The van der Waals surface area contributed by atoms with Crippen molar-refractivity contribution >= 4 is 38.3 Å². The summed E-state index contributed by atoms with van der Waals surface area (Å²) in [5, 5.41) is 3.52. The Morgan fingerprint density at radius 2 is 1.63 bits per heavy atom. The largest absolute Gasteiger partial charge is 0.497 e. The molecule has 4 aromatic rings. The van der Waals surface area contributed by atoms with Gasteiger partial charge in [-0.3, -0.25) is 9.52 Å². The van der Waals surface area contributed by atoms with Gasteiger partial charge in [0.15, 0.2) is 0 Å². The number of anilines is 2. The van der Waals surface area contributed by atoms with Gasteiger partial charge in [-0.05, 0) is 42.5 Å². The molecule has 0 aliphatic rings. The fourth-order valence-electron chi connectivity index (χ4n) is 3.58. The van der Waals surface area contributed by atoms with Crippen LogP contribution in [-0.2, 0) is 21.2 Å². The smallest absolute Gasteiger partial charge is 0.262 e. The van der Waals surface area contributed by atoms with Gasteiger partial charge in [-0.1, -0.05) is 12.1 Å². The molecule has 0 fully saturated rings. The van der Waals surface area contributed by atoms with Crippen molar-refractivity contribution in [1.82, 2.24) is 0 Å². The SMILES string of the molecule is COc1ccc2c(CC(=O)Nc3cc(S(=O)(=O)Nc4ccccc4OC)ccc3OC)coc2c1. The van der Waals surface area contributed by atoms with Gasteiger partial charge in [0.2, 0.25) is 5.91 Å². The predicted molar refractivity (Wildman–Crippen MR) is 132 cm³/mol. The van der Waals surface area contributed by atoms with Gasteiger partial charge in [0, 0.05) is 17.0 Å². The molecule has 0 aliphatic heterocycles. The summed E-state index contributed by atoms with van der Waals surface area (Å²) in [6, 6.07) is 16.2. The van der Waals surface area contributed by atoms with E-state index in [0.29, 0.717) is 34.1 Å². The number of hydrogen-bond acceptors (Lipinski definition) is 7. The van der Waals surface area contributed by atoms with Crippen LogP contribution in [0.5, 0.6) is 17.2 Å². The first-order valence-corrected chi connectivity index (χ1v) is 12.0. The van der Waals surface area contributed by atoms with Crippen LogP contribution in [0, 0.1) is 0 Å². The first-order chi connectivity index (χ1) is 16.8. The first-order valence-electron chi connectivity index (χ1n) is 10.5. The van der Waals surface area contributed by atoms with Crippen molar-refractivity contribution in [2.45, 2.75) is 11.3 Å². The summed E-state index contributed by atoms with van der Waals surface area (Å²) >= 11 is 0.